The molecule has 1 saturated carbocycles. The molecule has 0 aromatic heterocycles. The van der Waals surface area contributed by atoms with Crippen molar-refractivity contribution in [3.05, 3.63) is 29.8 Å². The quantitative estimate of drug-likeness (QED) is 0.773. The first-order chi connectivity index (χ1) is 9.53. The maximum atomic E-state index is 12.5. The Labute approximate surface area is 122 Å². The number of rotatable bonds is 8. The van der Waals surface area contributed by atoms with Gasteiger partial charge >= 0.3 is 0 Å². The molecular weight excluding hydrogens is 272 g/mol. The van der Waals surface area contributed by atoms with Gasteiger partial charge in [0.15, 0.2) is 0 Å². The fourth-order valence-electron chi connectivity index (χ4n) is 2.33. The average molecular weight is 296 g/mol. The molecule has 0 aliphatic heterocycles. The van der Waals surface area contributed by atoms with E-state index in [0.29, 0.717) is 18.0 Å². The molecule has 0 atom stereocenters. The monoisotopic (exact) mass is 296 g/mol. The molecule has 1 aromatic carbocycles. The number of hydrogen-bond acceptors (Lipinski definition) is 3. The molecule has 0 bridgehead atoms. The lowest BCUT2D eigenvalue weighted by Crippen LogP contribution is -2.31. The molecule has 0 amide bonds. The van der Waals surface area contributed by atoms with Crippen LogP contribution in [0.2, 0.25) is 0 Å². The molecule has 0 spiro atoms. The van der Waals surface area contributed by atoms with Crippen molar-refractivity contribution in [1.82, 2.24) is 10.0 Å². The molecule has 20 heavy (non-hydrogen) atoms. The van der Waals surface area contributed by atoms with Crippen molar-refractivity contribution in [1.29, 1.82) is 0 Å². The van der Waals surface area contributed by atoms with Crippen molar-refractivity contribution in [2.75, 3.05) is 13.1 Å². The number of hydrogen-bond donors (Lipinski definition) is 2. The Bertz CT molecular complexity index is 551. The van der Waals surface area contributed by atoms with E-state index < -0.39 is 10.0 Å². The Morgan fingerprint density at radius 3 is 2.50 bits per heavy atom. The highest BCUT2D eigenvalue weighted by Crippen LogP contribution is 2.48. The van der Waals surface area contributed by atoms with E-state index in [4.69, 9.17) is 0 Å². The number of sulfonamides is 1. The van der Waals surface area contributed by atoms with Crippen molar-refractivity contribution in [2.45, 2.75) is 44.6 Å². The van der Waals surface area contributed by atoms with Crippen molar-refractivity contribution in [3.8, 4) is 0 Å². The smallest absolute Gasteiger partial charge is 0.240 e. The summed E-state index contributed by atoms with van der Waals surface area (Å²) < 4.78 is 27.7. The van der Waals surface area contributed by atoms with Crippen LogP contribution in [0.1, 0.15) is 38.7 Å². The van der Waals surface area contributed by atoms with E-state index >= 15 is 0 Å². The molecule has 0 unspecified atom stereocenters. The van der Waals surface area contributed by atoms with Crippen LogP contribution in [-0.4, -0.2) is 21.5 Å². The molecule has 0 saturated heterocycles. The van der Waals surface area contributed by atoms with Crippen LogP contribution in [0, 0.1) is 5.41 Å². The van der Waals surface area contributed by atoms with Crippen LogP contribution >= 0.6 is 0 Å². The molecule has 1 aromatic rings. The van der Waals surface area contributed by atoms with Gasteiger partial charge in [-0.2, -0.15) is 0 Å². The minimum atomic E-state index is -3.41. The Morgan fingerprint density at radius 2 is 1.90 bits per heavy atom. The Kier molecular flexibility index (Phi) is 4.83. The summed E-state index contributed by atoms with van der Waals surface area (Å²) in [6, 6.07) is 7.20. The van der Waals surface area contributed by atoms with E-state index in [0.717, 1.165) is 31.4 Å². The molecule has 0 heterocycles. The third-order valence-corrected chi connectivity index (χ3v) is 5.67. The second kappa shape index (κ2) is 6.24. The van der Waals surface area contributed by atoms with Crippen LogP contribution in [0.15, 0.2) is 29.2 Å². The molecule has 2 rings (SSSR count). The highest BCUT2D eigenvalue weighted by molar-refractivity contribution is 7.89. The SMILES string of the molecule is CCNCc1ccccc1S(=O)(=O)NCC1(CC)CC1. The topological polar surface area (TPSA) is 58.2 Å². The van der Waals surface area contributed by atoms with Crippen molar-refractivity contribution in [3.63, 3.8) is 0 Å². The predicted molar refractivity (Wildman–Crippen MR) is 81.0 cm³/mol. The summed E-state index contributed by atoms with van der Waals surface area (Å²) in [6.07, 6.45) is 3.30. The predicted octanol–water partition coefficient (Wildman–Crippen LogP) is 2.26. The normalized spacial score (nSPS) is 17.1. The zero-order valence-electron chi connectivity index (χ0n) is 12.3. The Balaban J connectivity index is 2.12. The minimum absolute atomic E-state index is 0.212. The highest BCUT2D eigenvalue weighted by Gasteiger charge is 2.41. The number of benzene rings is 1. The second-order valence-electron chi connectivity index (χ2n) is 5.57. The van der Waals surface area contributed by atoms with E-state index in [1.165, 1.54) is 0 Å². The van der Waals surface area contributed by atoms with Crippen LogP contribution in [0.3, 0.4) is 0 Å². The van der Waals surface area contributed by atoms with Gasteiger partial charge in [-0.15, -0.1) is 0 Å². The third-order valence-electron chi connectivity index (χ3n) is 4.17. The second-order valence-corrected chi connectivity index (χ2v) is 7.30. The molecule has 112 valence electrons. The Hall–Kier alpha value is -0.910. The number of nitrogens with one attached hydrogen (secondary N) is 2. The molecule has 5 heteroatoms. The van der Waals surface area contributed by atoms with Crippen LogP contribution in [0.25, 0.3) is 0 Å². The van der Waals surface area contributed by atoms with Crippen LogP contribution in [-0.2, 0) is 16.6 Å². The van der Waals surface area contributed by atoms with Gasteiger partial charge in [-0.1, -0.05) is 32.0 Å². The zero-order chi connectivity index (χ0) is 14.6. The van der Waals surface area contributed by atoms with Crippen molar-refractivity contribution in [2.24, 2.45) is 5.41 Å². The average Bonchev–Trinajstić information content (AvgIpc) is 3.24. The third kappa shape index (κ3) is 3.59. The van der Waals surface area contributed by atoms with Gasteiger partial charge in [0.1, 0.15) is 0 Å². The highest BCUT2D eigenvalue weighted by atomic mass is 32.2. The van der Waals surface area contributed by atoms with Gasteiger partial charge in [0.25, 0.3) is 0 Å². The fourth-order valence-corrected chi connectivity index (χ4v) is 3.72. The van der Waals surface area contributed by atoms with E-state index in [2.05, 4.69) is 17.0 Å². The summed E-state index contributed by atoms with van der Waals surface area (Å²) in [7, 11) is -3.41. The first-order valence-corrected chi connectivity index (χ1v) is 8.79. The van der Waals surface area contributed by atoms with Gasteiger partial charge in [-0.05, 0) is 42.9 Å². The summed E-state index contributed by atoms with van der Waals surface area (Å²) in [5, 5.41) is 3.18. The first kappa shape index (κ1) is 15.5. The van der Waals surface area contributed by atoms with Crippen molar-refractivity contribution < 1.29 is 8.42 Å². The Morgan fingerprint density at radius 1 is 1.20 bits per heavy atom. The molecule has 0 radical (unpaired) electrons. The van der Waals surface area contributed by atoms with E-state index in [-0.39, 0.29) is 5.41 Å². The van der Waals surface area contributed by atoms with E-state index in [1.54, 1.807) is 12.1 Å². The summed E-state index contributed by atoms with van der Waals surface area (Å²) in [5.74, 6) is 0. The van der Waals surface area contributed by atoms with Gasteiger partial charge in [0.2, 0.25) is 10.0 Å². The van der Waals surface area contributed by atoms with Gasteiger partial charge in [0, 0.05) is 13.1 Å². The maximum absolute atomic E-state index is 12.5. The summed E-state index contributed by atoms with van der Waals surface area (Å²) in [6.45, 7) is 6.09. The summed E-state index contributed by atoms with van der Waals surface area (Å²) in [4.78, 5) is 0.396. The van der Waals surface area contributed by atoms with Gasteiger partial charge in [-0.3, -0.25) is 0 Å². The van der Waals surface area contributed by atoms with Gasteiger partial charge in [-0.25, -0.2) is 13.1 Å². The zero-order valence-corrected chi connectivity index (χ0v) is 13.1. The molecule has 1 aliphatic rings. The molecule has 2 N–H and O–H groups in total. The van der Waals surface area contributed by atoms with Crippen LogP contribution in [0.5, 0.6) is 0 Å². The van der Waals surface area contributed by atoms with Gasteiger partial charge in [0.05, 0.1) is 4.90 Å². The molecule has 1 aliphatic carbocycles. The first-order valence-electron chi connectivity index (χ1n) is 7.31. The van der Waals surface area contributed by atoms with E-state index in [1.807, 2.05) is 19.1 Å². The lowest BCUT2D eigenvalue weighted by Gasteiger charge is -2.15. The lowest BCUT2D eigenvalue weighted by molar-refractivity contribution is 0.475. The summed E-state index contributed by atoms with van der Waals surface area (Å²) >= 11 is 0. The lowest BCUT2D eigenvalue weighted by atomic mass is 10.1. The maximum Gasteiger partial charge on any atom is 0.240 e. The standard InChI is InChI=1S/C15H24N2O2S/c1-3-15(9-10-15)12-17-20(18,19)14-8-6-5-7-13(14)11-16-4-2/h5-8,16-17H,3-4,9-12H2,1-2H3. The van der Waals surface area contributed by atoms with Crippen LogP contribution < -0.4 is 10.0 Å². The largest absolute Gasteiger partial charge is 0.313 e. The van der Waals surface area contributed by atoms with E-state index in [9.17, 15) is 8.42 Å². The summed E-state index contributed by atoms with van der Waals surface area (Å²) in [5.41, 5.74) is 1.03. The molecule has 4 nitrogen and oxygen atoms in total. The molecule has 1 fully saturated rings. The fraction of sp³-hybridized carbons (Fsp3) is 0.600. The molecular formula is C15H24N2O2S. The van der Waals surface area contributed by atoms with Crippen molar-refractivity contribution >= 4 is 10.0 Å². The van der Waals surface area contributed by atoms with Crippen LogP contribution in [0.4, 0.5) is 0 Å². The van der Waals surface area contributed by atoms with Gasteiger partial charge < -0.3 is 5.32 Å². The minimum Gasteiger partial charge on any atom is -0.313 e.